The molecule has 1 aromatic heterocycles. The molecule has 11 heavy (non-hydrogen) atoms. The Morgan fingerprint density at radius 1 is 1.55 bits per heavy atom. The fourth-order valence-electron chi connectivity index (χ4n) is 0.943. The van der Waals surface area contributed by atoms with Crippen LogP contribution in [0.25, 0.3) is 0 Å². The zero-order chi connectivity index (χ0) is 8.10. The number of hydrogen-bond donors (Lipinski definition) is 1. The standard InChI is InChI=1S/C8H12OS2/c1-9-8-6-11-5-7(8)3-2-4-10/h5-6,10H,2-4H2,1H3. The molecule has 0 aliphatic rings. The Morgan fingerprint density at radius 3 is 3.00 bits per heavy atom. The maximum Gasteiger partial charge on any atom is 0.132 e. The van der Waals surface area contributed by atoms with Crippen molar-refractivity contribution < 1.29 is 4.74 Å². The van der Waals surface area contributed by atoms with Crippen molar-refractivity contribution in [3.05, 3.63) is 16.3 Å². The number of rotatable bonds is 4. The normalized spacial score (nSPS) is 10.0. The van der Waals surface area contributed by atoms with Gasteiger partial charge < -0.3 is 4.74 Å². The Labute approximate surface area is 76.8 Å². The van der Waals surface area contributed by atoms with E-state index in [1.54, 1.807) is 18.4 Å². The maximum atomic E-state index is 5.17. The SMILES string of the molecule is COc1cscc1CCCS. The fraction of sp³-hybridized carbons (Fsp3) is 0.500. The van der Waals surface area contributed by atoms with Crippen LogP contribution in [-0.2, 0) is 6.42 Å². The topological polar surface area (TPSA) is 9.23 Å². The lowest BCUT2D eigenvalue weighted by Gasteiger charge is -1.99. The zero-order valence-corrected chi connectivity index (χ0v) is 8.25. The third-order valence-corrected chi connectivity index (χ3v) is 2.61. The van der Waals surface area contributed by atoms with Gasteiger partial charge in [-0.05, 0) is 24.0 Å². The molecule has 62 valence electrons. The number of thiol groups is 1. The highest BCUT2D eigenvalue weighted by Crippen LogP contribution is 2.24. The van der Waals surface area contributed by atoms with Crippen LogP contribution in [0.15, 0.2) is 10.8 Å². The van der Waals surface area contributed by atoms with Crippen LogP contribution in [0.1, 0.15) is 12.0 Å². The van der Waals surface area contributed by atoms with E-state index in [1.807, 2.05) is 5.38 Å². The number of ether oxygens (including phenoxy) is 1. The van der Waals surface area contributed by atoms with E-state index in [9.17, 15) is 0 Å². The molecule has 0 atom stereocenters. The molecule has 1 rings (SSSR count). The molecule has 0 aliphatic heterocycles. The third kappa shape index (κ3) is 2.42. The van der Waals surface area contributed by atoms with Gasteiger partial charge in [0, 0.05) is 10.9 Å². The van der Waals surface area contributed by atoms with Gasteiger partial charge in [-0.25, -0.2) is 0 Å². The van der Waals surface area contributed by atoms with Gasteiger partial charge in [0.15, 0.2) is 0 Å². The van der Waals surface area contributed by atoms with Crippen molar-refractivity contribution in [3.63, 3.8) is 0 Å². The highest BCUT2D eigenvalue weighted by atomic mass is 32.1. The molecule has 0 saturated carbocycles. The summed E-state index contributed by atoms with van der Waals surface area (Å²) in [6, 6.07) is 0. The molecule has 0 saturated heterocycles. The van der Waals surface area contributed by atoms with Crippen LogP contribution in [0, 0.1) is 0 Å². The molecular weight excluding hydrogens is 176 g/mol. The molecule has 0 radical (unpaired) electrons. The summed E-state index contributed by atoms with van der Waals surface area (Å²) in [6.07, 6.45) is 2.20. The second kappa shape index (κ2) is 4.67. The highest BCUT2D eigenvalue weighted by Gasteiger charge is 2.01. The number of thiophene rings is 1. The Kier molecular flexibility index (Phi) is 3.80. The van der Waals surface area contributed by atoms with Crippen molar-refractivity contribution in [1.82, 2.24) is 0 Å². The lowest BCUT2D eigenvalue weighted by molar-refractivity contribution is 0.411. The van der Waals surface area contributed by atoms with Crippen LogP contribution >= 0.6 is 24.0 Å². The summed E-state index contributed by atoms with van der Waals surface area (Å²) in [5.74, 6) is 1.97. The molecule has 0 aromatic carbocycles. The molecule has 0 N–H and O–H groups in total. The molecule has 0 amide bonds. The second-order valence-electron chi connectivity index (χ2n) is 2.29. The zero-order valence-electron chi connectivity index (χ0n) is 6.54. The summed E-state index contributed by atoms with van der Waals surface area (Å²) in [5, 5.41) is 4.18. The van der Waals surface area contributed by atoms with Crippen molar-refractivity contribution in [2.45, 2.75) is 12.8 Å². The van der Waals surface area contributed by atoms with Crippen LogP contribution in [0.5, 0.6) is 5.75 Å². The quantitative estimate of drug-likeness (QED) is 0.715. The van der Waals surface area contributed by atoms with E-state index in [1.165, 1.54) is 5.56 Å². The molecule has 0 bridgehead atoms. The summed E-state index contributed by atoms with van der Waals surface area (Å²) in [5.41, 5.74) is 1.31. The fourth-order valence-corrected chi connectivity index (χ4v) is 1.94. The molecule has 0 unspecified atom stereocenters. The van der Waals surface area contributed by atoms with Gasteiger partial charge in [-0.1, -0.05) is 0 Å². The first-order chi connectivity index (χ1) is 5.38. The van der Waals surface area contributed by atoms with Gasteiger partial charge in [-0.2, -0.15) is 12.6 Å². The third-order valence-electron chi connectivity index (χ3n) is 1.53. The predicted molar refractivity (Wildman–Crippen MR) is 53.0 cm³/mol. The first-order valence-electron chi connectivity index (χ1n) is 3.58. The molecule has 0 aliphatic carbocycles. The first kappa shape index (κ1) is 8.94. The van der Waals surface area contributed by atoms with Crippen molar-refractivity contribution >= 4 is 24.0 Å². The summed E-state index contributed by atoms with van der Waals surface area (Å²) in [6.45, 7) is 0. The van der Waals surface area contributed by atoms with Crippen LogP contribution < -0.4 is 4.74 Å². The Hall–Kier alpha value is -0.150. The Morgan fingerprint density at radius 2 is 2.36 bits per heavy atom. The molecule has 1 nitrogen and oxygen atoms in total. The van der Waals surface area contributed by atoms with E-state index in [-0.39, 0.29) is 0 Å². The van der Waals surface area contributed by atoms with Crippen LogP contribution in [0.2, 0.25) is 0 Å². The molecule has 1 aromatic rings. The van der Waals surface area contributed by atoms with Crippen LogP contribution in [0.3, 0.4) is 0 Å². The predicted octanol–water partition coefficient (Wildman–Crippen LogP) is 2.62. The van der Waals surface area contributed by atoms with E-state index >= 15 is 0 Å². The summed E-state index contributed by atoms with van der Waals surface area (Å²) < 4.78 is 5.17. The number of aryl methyl sites for hydroxylation is 1. The average Bonchev–Trinajstić information content (AvgIpc) is 2.47. The van der Waals surface area contributed by atoms with E-state index in [2.05, 4.69) is 18.0 Å². The molecule has 0 fully saturated rings. The molecule has 0 spiro atoms. The van der Waals surface area contributed by atoms with Gasteiger partial charge in [-0.3, -0.25) is 0 Å². The van der Waals surface area contributed by atoms with Crippen molar-refractivity contribution in [2.75, 3.05) is 12.9 Å². The van der Waals surface area contributed by atoms with Crippen LogP contribution in [0.4, 0.5) is 0 Å². The summed E-state index contributed by atoms with van der Waals surface area (Å²) in [4.78, 5) is 0. The van der Waals surface area contributed by atoms with Gasteiger partial charge in [0.25, 0.3) is 0 Å². The number of methoxy groups -OCH3 is 1. The second-order valence-corrected chi connectivity index (χ2v) is 3.48. The minimum Gasteiger partial charge on any atom is -0.496 e. The van der Waals surface area contributed by atoms with Gasteiger partial charge >= 0.3 is 0 Å². The molecular formula is C8H12OS2. The van der Waals surface area contributed by atoms with Gasteiger partial charge in [0.05, 0.1) is 7.11 Å². The van der Waals surface area contributed by atoms with E-state index < -0.39 is 0 Å². The van der Waals surface area contributed by atoms with E-state index in [0.717, 1.165) is 24.3 Å². The minimum atomic E-state index is 0.943. The van der Waals surface area contributed by atoms with Crippen molar-refractivity contribution in [2.24, 2.45) is 0 Å². The molecule has 3 heteroatoms. The first-order valence-corrected chi connectivity index (χ1v) is 5.16. The van der Waals surface area contributed by atoms with Crippen LogP contribution in [-0.4, -0.2) is 12.9 Å². The Bertz CT molecular complexity index is 208. The Balaban J connectivity index is 2.54. The maximum absolute atomic E-state index is 5.17. The minimum absolute atomic E-state index is 0.943. The van der Waals surface area contributed by atoms with Crippen molar-refractivity contribution in [3.8, 4) is 5.75 Å². The lowest BCUT2D eigenvalue weighted by Crippen LogP contribution is -1.88. The van der Waals surface area contributed by atoms with Crippen molar-refractivity contribution in [1.29, 1.82) is 0 Å². The van der Waals surface area contributed by atoms with E-state index in [0.29, 0.717) is 0 Å². The lowest BCUT2D eigenvalue weighted by atomic mass is 10.2. The molecule has 1 heterocycles. The van der Waals surface area contributed by atoms with Gasteiger partial charge in [0.2, 0.25) is 0 Å². The monoisotopic (exact) mass is 188 g/mol. The van der Waals surface area contributed by atoms with E-state index in [4.69, 9.17) is 4.74 Å². The van der Waals surface area contributed by atoms with Gasteiger partial charge in [0.1, 0.15) is 5.75 Å². The number of hydrogen-bond acceptors (Lipinski definition) is 3. The average molecular weight is 188 g/mol. The summed E-state index contributed by atoms with van der Waals surface area (Å²) >= 11 is 5.85. The largest absolute Gasteiger partial charge is 0.496 e. The van der Waals surface area contributed by atoms with Gasteiger partial charge in [-0.15, -0.1) is 11.3 Å². The highest BCUT2D eigenvalue weighted by molar-refractivity contribution is 7.80. The summed E-state index contributed by atoms with van der Waals surface area (Å²) in [7, 11) is 1.71. The smallest absolute Gasteiger partial charge is 0.132 e.